The number of benzene rings is 2. The molecule has 0 fully saturated rings. The largest absolute Gasteiger partial charge is 0.481 e. The number of aliphatic carboxylic acids is 1. The smallest absolute Gasteiger partial charge is 0.303 e. The summed E-state index contributed by atoms with van der Waals surface area (Å²) in [4.78, 5) is 10.1. The van der Waals surface area contributed by atoms with Gasteiger partial charge in [0, 0.05) is 6.07 Å². The maximum atomic E-state index is 11.8. The first kappa shape index (κ1) is 22.8. The Balaban J connectivity index is 2.49. The van der Waals surface area contributed by atoms with E-state index in [-0.39, 0.29) is 17.9 Å². The SMILES string of the molecule is CCCC(CC(=O)O)c1ccc(Oc2cccc(S(=O)(=O)O)c2)c(S(=O)(=O)O)c1. The van der Waals surface area contributed by atoms with Crippen molar-refractivity contribution in [1.82, 2.24) is 0 Å². The number of carboxylic acid groups (broad SMARTS) is 1. The summed E-state index contributed by atoms with van der Waals surface area (Å²) >= 11 is 0. The first-order valence-electron chi connectivity index (χ1n) is 8.50. The summed E-state index contributed by atoms with van der Waals surface area (Å²) in [5.74, 6) is -1.88. The van der Waals surface area contributed by atoms with Gasteiger partial charge < -0.3 is 9.84 Å². The Labute approximate surface area is 168 Å². The molecule has 9 nitrogen and oxygen atoms in total. The summed E-state index contributed by atoms with van der Waals surface area (Å²) in [6.07, 6.45) is 0.947. The molecule has 0 aliphatic carbocycles. The van der Waals surface area contributed by atoms with E-state index in [1.165, 1.54) is 24.3 Å². The fourth-order valence-electron chi connectivity index (χ4n) is 2.84. The minimum Gasteiger partial charge on any atom is -0.481 e. The summed E-state index contributed by atoms with van der Waals surface area (Å²) in [6.45, 7) is 1.86. The molecule has 29 heavy (non-hydrogen) atoms. The van der Waals surface area contributed by atoms with Gasteiger partial charge in [-0.05, 0) is 42.2 Å². The van der Waals surface area contributed by atoms with Crippen LogP contribution < -0.4 is 4.74 Å². The molecule has 1 unspecified atom stereocenters. The lowest BCUT2D eigenvalue weighted by atomic mass is 9.91. The average molecular weight is 444 g/mol. The van der Waals surface area contributed by atoms with Gasteiger partial charge in [-0.1, -0.05) is 25.5 Å². The van der Waals surface area contributed by atoms with E-state index in [1.54, 1.807) is 0 Å². The predicted octanol–water partition coefficient (Wildman–Crippen LogP) is 3.33. The van der Waals surface area contributed by atoms with Crippen LogP contribution in [0.25, 0.3) is 0 Å². The lowest BCUT2D eigenvalue weighted by Crippen LogP contribution is -2.08. The van der Waals surface area contributed by atoms with Crippen LogP contribution >= 0.6 is 0 Å². The highest BCUT2D eigenvalue weighted by atomic mass is 32.2. The zero-order valence-corrected chi connectivity index (χ0v) is 17.0. The molecular weight excluding hydrogens is 424 g/mol. The molecule has 11 heteroatoms. The van der Waals surface area contributed by atoms with E-state index in [4.69, 9.17) is 14.4 Å². The third-order valence-electron chi connectivity index (χ3n) is 4.11. The molecule has 0 amide bonds. The number of rotatable bonds is 9. The van der Waals surface area contributed by atoms with Crippen molar-refractivity contribution in [3.8, 4) is 11.5 Å². The van der Waals surface area contributed by atoms with E-state index in [9.17, 15) is 26.2 Å². The molecule has 0 spiro atoms. The van der Waals surface area contributed by atoms with Crippen LogP contribution in [0.3, 0.4) is 0 Å². The Morgan fingerprint density at radius 3 is 2.28 bits per heavy atom. The Morgan fingerprint density at radius 1 is 1.03 bits per heavy atom. The van der Waals surface area contributed by atoms with Crippen LogP contribution in [0.1, 0.15) is 37.7 Å². The second-order valence-corrected chi connectivity index (χ2v) is 9.13. The highest BCUT2D eigenvalue weighted by molar-refractivity contribution is 7.86. The molecule has 0 aliphatic heterocycles. The highest BCUT2D eigenvalue weighted by Crippen LogP contribution is 2.34. The molecule has 3 N–H and O–H groups in total. The van der Waals surface area contributed by atoms with Gasteiger partial charge in [0.05, 0.1) is 11.3 Å². The maximum absolute atomic E-state index is 11.8. The van der Waals surface area contributed by atoms with E-state index in [2.05, 4.69) is 0 Å². The molecule has 1 atom stereocenters. The molecule has 0 radical (unpaired) electrons. The van der Waals surface area contributed by atoms with Crippen molar-refractivity contribution < 1.29 is 40.6 Å². The standard InChI is InChI=1S/C18H20O9S2/c1-2-4-12(10-18(19)20)13-7-8-16(17(9-13)29(24,25)26)27-14-5-3-6-15(11-14)28(21,22)23/h3,5-9,11-12H,2,4,10H2,1H3,(H,19,20)(H,21,22,23)(H,24,25,26). The minimum absolute atomic E-state index is 0.0894. The van der Waals surface area contributed by atoms with Gasteiger partial charge in [0.15, 0.2) is 0 Å². The third-order valence-corrected chi connectivity index (χ3v) is 5.83. The number of ether oxygens (including phenoxy) is 1. The zero-order chi connectivity index (χ0) is 21.8. The quantitative estimate of drug-likeness (QED) is 0.494. The zero-order valence-electron chi connectivity index (χ0n) is 15.3. The minimum atomic E-state index is -4.73. The van der Waals surface area contributed by atoms with Crippen molar-refractivity contribution in [1.29, 1.82) is 0 Å². The Bertz CT molecular complexity index is 1110. The third kappa shape index (κ3) is 6.26. The fraction of sp³-hybridized carbons (Fsp3) is 0.278. The molecular formula is C18H20O9S2. The van der Waals surface area contributed by atoms with Gasteiger partial charge in [0.2, 0.25) is 0 Å². The van der Waals surface area contributed by atoms with Gasteiger partial charge in [-0.3, -0.25) is 13.9 Å². The van der Waals surface area contributed by atoms with Crippen molar-refractivity contribution in [2.75, 3.05) is 0 Å². The number of carbonyl (C=O) groups is 1. The molecule has 0 saturated heterocycles. The molecule has 0 aromatic heterocycles. The number of carboxylic acids is 1. The molecule has 158 valence electrons. The number of hydrogen-bond acceptors (Lipinski definition) is 6. The summed E-state index contributed by atoms with van der Waals surface area (Å²) in [6, 6.07) is 8.60. The Morgan fingerprint density at radius 2 is 1.72 bits per heavy atom. The fourth-order valence-corrected chi connectivity index (χ4v) is 4.00. The van der Waals surface area contributed by atoms with Gasteiger partial charge in [-0.2, -0.15) is 16.8 Å². The topological polar surface area (TPSA) is 155 Å². The van der Waals surface area contributed by atoms with Crippen LogP contribution in [0.5, 0.6) is 11.5 Å². The van der Waals surface area contributed by atoms with Crippen molar-refractivity contribution in [2.24, 2.45) is 0 Å². The lowest BCUT2D eigenvalue weighted by Gasteiger charge is -2.17. The second-order valence-electron chi connectivity index (χ2n) is 6.32. The van der Waals surface area contributed by atoms with Crippen LogP contribution in [-0.2, 0) is 25.0 Å². The van der Waals surface area contributed by atoms with Gasteiger partial charge >= 0.3 is 5.97 Å². The predicted molar refractivity (Wildman–Crippen MR) is 102 cm³/mol. The molecule has 0 aliphatic rings. The van der Waals surface area contributed by atoms with Crippen LogP contribution in [0.2, 0.25) is 0 Å². The molecule has 0 bridgehead atoms. The lowest BCUT2D eigenvalue weighted by molar-refractivity contribution is -0.137. The summed E-state index contributed by atoms with van der Waals surface area (Å²) in [5, 5.41) is 9.08. The van der Waals surface area contributed by atoms with E-state index < -0.39 is 41.9 Å². The number of hydrogen-bond donors (Lipinski definition) is 3. The van der Waals surface area contributed by atoms with E-state index in [0.717, 1.165) is 18.2 Å². The van der Waals surface area contributed by atoms with Crippen LogP contribution in [0.15, 0.2) is 52.3 Å². The Hall–Kier alpha value is -2.47. The van der Waals surface area contributed by atoms with Crippen molar-refractivity contribution in [2.45, 2.75) is 41.9 Å². The average Bonchev–Trinajstić information content (AvgIpc) is 2.60. The molecule has 0 heterocycles. The van der Waals surface area contributed by atoms with Crippen LogP contribution in [0.4, 0.5) is 0 Å². The van der Waals surface area contributed by atoms with Gasteiger partial charge in [-0.15, -0.1) is 0 Å². The summed E-state index contributed by atoms with van der Waals surface area (Å²) in [7, 11) is -9.23. The maximum Gasteiger partial charge on any atom is 0.303 e. The van der Waals surface area contributed by atoms with Gasteiger partial charge in [0.25, 0.3) is 20.2 Å². The van der Waals surface area contributed by atoms with E-state index in [1.807, 2.05) is 6.92 Å². The first-order chi connectivity index (χ1) is 13.4. The molecule has 0 saturated carbocycles. The second kappa shape index (κ2) is 8.91. The molecule has 2 aromatic rings. The van der Waals surface area contributed by atoms with E-state index in [0.29, 0.717) is 18.4 Å². The monoisotopic (exact) mass is 444 g/mol. The van der Waals surface area contributed by atoms with E-state index >= 15 is 0 Å². The van der Waals surface area contributed by atoms with Crippen molar-refractivity contribution >= 4 is 26.2 Å². The molecule has 2 rings (SSSR count). The first-order valence-corrected chi connectivity index (χ1v) is 11.4. The summed E-state index contributed by atoms with van der Waals surface area (Å²) < 4.78 is 70.3. The summed E-state index contributed by atoms with van der Waals surface area (Å²) in [5.41, 5.74) is 0.404. The molecule has 2 aromatic carbocycles. The van der Waals surface area contributed by atoms with Crippen molar-refractivity contribution in [3.05, 3.63) is 48.0 Å². The van der Waals surface area contributed by atoms with Gasteiger partial charge in [0.1, 0.15) is 16.4 Å². The normalized spacial score (nSPS) is 13.1. The highest BCUT2D eigenvalue weighted by Gasteiger charge is 2.23. The van der Waals surface area contributed by atoms with Crippen LogP contribution in [-0.4, -0.2) is 37.0 Å². The van der Waals surface area contributed by atoms with Gasteiger partial charge in [-0.25, -0.2) is 0 Å². The Kier molecular flexibility index (Phi) is 7.01. The van der Waals surface area contributed by atoms with Crippen LogP contribution in [0, 0.1) is 0 Å². The van der Waals surface area contributed by atoms with Crippen molar-refractivity contribution in [3.63, 3.8) is 0 Å².